The molecule has 2 N–H and O–H groups in total. The van der Waals surface area contributed by atoms with Gasteiger partial charge in [0.2, 0.25) is 0 Å². The Labute approximate surface area is 179 Å². The minimum atomic E-state index is 0.801. The van der Waals surface area contributed by atoms with Gasteiger partial charge in [0, 0.05) is 39.8 Å². The maximum atomic E-state index is 3.39. The van der Waals surface area contributed by atoms with Crippen LogP contribution < -0.4 is 0 Å². The second kappa shape index (κ2) is 8.95. The van der Waals surface area contributed by atoms with Crippen LogP contribution in [0.5, 0.6) is 0 Å². The van der Waals surface area contributed by atoms with Gasteiger partial charge in [-0.15, -0.1) is 0 Å². The number of fused-ring (bicyclic) bond motifs is 2. The van der Waals surface area contributed by atoms with Gasteiger partial charge in [0.05, 0.1) is 0 Å². The smallest absolute Gasteiger partial charge is 0.0460 e. The normalized spacial score (nSPS) is 17.5. The zero-order chi connectivity index (χ0) is 20.2. The van der Waals surface area contributed by atoms with Gasteiger partial charge >= 0.3 is 0 Å². The maximum absolute atomic E-state index is 3.39. The van der Waals surface area contributed by atoms with Gasteiger partial charge in [0.15, 0.2) is 0 Å². The van der Waals surface area contributed by atoms with Crippen LogP contribution in [0.4, 0.5) is 0 Å². The van der Waals surface area contributed by atoms with Crippen molar-refractivity contribution in [3.8, 4) is 0 Å². The van der Waals surface area contributed by atoms with Gasteiger partial charge < -0.3 is 9.97 Å². The van der Waals surface area contributed by atoms with Crippen molar-refractivity contribution in [3.63, 3.8) is 0 Å². The predicted molar refractivity (Wildman–Crippen MR) is 129 cm³/mol. The Kier molecular flexibility index (Phi) is 5.74. The lowest BCUT2D eigenvalue weighted by atomic mass is 9.84. The molecule has 0 spiro atoms. The first-order valence-electron chi connectivity index (χ1n) is 11.7. The van der Waals surface area contributed by atoms with Crippen molar-refractivity contribution in [1.29, 1.82) is 0 Å². The molecule has 2 aromatic heterocycles. The third-order valence-electron chi connectivity index (χ3n) is 6.89. The summed E-state index contributed by atoms with van der Waals surface area (Å²) in [6.45, 7) is 0. The number of H-pyrrole nitrogens is 2. The van der Waals surface area contributed by atoms with E-state index in [1.807, 2.05) is 0 Å². The largest absolute Gasteiger partial charge is 0.361 e. The topological polar surface area (TPSA) is 31.6 Å². The number of para-hydroxylation sites is 2. The van der Waals surface area contributed by atoms with Crippen molar-refractivity contribution in [2.45, 2.75) is 63.7 Å². The van der Waals surface area contributed by atoms with Gasteiger partial charge in [0.25, 0.3) is 0 Å². The maximum Gasteiger partial charge on any atom is 0.0460 e. The molecule has 154 valence electrons. The molecular formula is C28H32N2. The van der Waals surface area contributed by atoms with Crippen LogP contribution >= 0.6 is 0 Å². The Morgan fingerprint density at radius 3 is 2.13 bits per heavy atom. The van der Waals surface area contributed by atoms with Crippen LogP contribution in [-0.4, -0.2) is 9.97 Å². The fraction of sp³-hybridized carbons (Fsp3) is 0.357. The summed E-state index contributed by atoms with van der Waals surface area (Å²) < 4.78 is 0. The van der Waals surface area contributed by atoms with E-state index < -0.39 is 0 Å². The van der Waals surface area contributed by atoms with Gasteiger partial charge in [-0.1, -0.05) is 61.7 Å². The zero-order valence-corrected chi connectivity index (χ0v) is 17.8. The van der Waals surface area contributed by atoms with Gasteiger partial charge in [-0.05, 0) is 67.7 Å². The highest BCUT2D eigenvalue weighted by Crippen LogP contribution is 2.36. The number of aromatic amines is 2. The molecule has 2 nitrogen and oxygen atoms in total. The van der Waals surface area contributed by atoms with Crippen molar-refractivity contribution >= 4 is 27.4 Å². The molecule has 0 amide bonds. The Bertz CT molecular complexity index is 1140. The molecule has 0 atom stereocenters. The molecule has 6 rings (SSSR count). The number of hydrogen-bond donors (Lipinski definition) is 2. The molecule has 0 bridgehead atoms. The van der Waals surface area contributed by atoms with E-state index in [4.69, 9.17) is 0 Å². The summed E-state index contributed by atoms with van der Waals surface area (Å²) in [5, 5.41) is 2.80. The fourth-order valence-electron chi connectivity index (χ4n) is 5.27. The predicted octanol–water partition coefficient (Wildman–Crippen LogP) is 8.34. The third-order valence-corrected chi connectivity index (χ3v) is 6.89. The number of nitrogens with one attached hydrogen (secondary N) is 2. The first-order chi connectivity index (χ1) is 14.9. The molecule has 2 heteroatoms. The van der Waals surface area contributed by atoms with Crippen molar-refractivity contribution < 1.29 is 0 Å². The zero-order valence-electron chi connectivity index (χ0n) is 17.8. The summed E-state index contributed by atoms with van der Waals surface area (Å²) in [4.78, 5) is 6.73. The summed E-state index contributed by atoms with van der Waals surface area (Å²) >= 11 is 0. The van der Waals surface area contributed by atoms with E-state index in [1.165, 1.54) is 90.7 Å². The minimum Gasteiger partial charge on any atom is -0.361 e. The molecule has 2 aliphatic carbocycles. The van der Waals surface area contributed by atoms with E-state index in [0.717, 1.165) is 5.92 Å². The first kappa shape index (κ1) is 19.2. The van der Waals surface area contributed by atoms with Crippen LogP contribution in [0.15, 0.2) is 67.0 Å². The summed E-state index contributed by atoms with van der Waals surface area (Å²) in [6.07, 6.45) is 19.0. The van der Waals surface area contributed by atoms with E-state index in [-0.39, 0.29) is 0 Å². The molecule has 4 aromatic rings. The molecule has 1 fully saturated rings. The van der Waals surface area contributed by atoms with E-state index in [2.05, 4.69) is 77.0 Å². The van der Waals surface area contributed by atoms with Crippen molar-refractivity contribution in [3.05, 3.63) is 78.1 Å². The first-order valence-corrected chi connectivity index (χ1v) is 11.7. The number of benzene rings is 2. The molecule has 0 unspecified atom stereocenters. The number of rotatable bonds is 2. The van der Waals surface area contributed by atoms with E-state index in [0.29, 0.717) is 0 Å². The quantitative estimate of drug-likeness (QED) is 0.341. The molecular weight excluding hydrogens is 364 g/mol. The number of hydrogen-bond acceptors (Lipinski definition) is 0. The number of allylic oxidation sites excluding steroid dienone is 2. The van der Waals surface area contributed by atoms with Crippen molar-refractivity contribution in [2.24, 2.45) is 0 Å². The highest BCUT2D eigenvalue weighted by molar-refractivity contribution is 5.92. The summed E-state index contributed by atoms with van der Waals surface area (Å²) in [7, 11) is 0. The van der Waals surface area contributed by atoms with Crippen molar-refractivity contribution in [1.82, 2.24) is 9.97 Å². The van der Waals surface area contributed by atoms with Crippen LogP contribution in [0.25, 0.3) is 27.4 Å². The average molecular weight is 397 g/mol. The SMILES string of the molecule is C1=C(c2c[nH]c3ccccc23)CCCC1.c1ccc2c(C3CCCCC3)c[nH]c2c1. The second-order valence-electron chi connectivity index (χ2n) is 8.85. The van der Waals surface area contributed by atoms with Gasteiger partial charge in [-0.3, -0.25) is 0 Å². The van der Waals surface area contributed by atoms with Crippen LogP contribution in [0.2, 0.25) is 0 Å². The summed E-state index contributed by atoms with van der Waals surface area (Å²) in [6, 6.07) is 17.2. The summed E-state index contributed by atoms with van der Waals surface area (Å²) in [5.41, 5.74) is 7.02. The van der Waals surface area contributed by atoms with Crippen LogP contribution in [-0.2, 0) is 0 Å². The number of aromatic nitrogens is 2. The van der Waals surface area contributed by atoms with Crippen molar-refractivity contribution in [2.75, 3.05) is 0 Å². The monoisotopic (exact) mass is 396 g/mol. The molecule has 2 heterocycles. The Morgan fingerprint density at radius 1 is 0.667 bits per heavy atom. The van der Waals surface area contributed by atoms with Crippen LogP contribution in [0, 0.1) is 0 Å². The Balaban J connectivity index is 0.000000128. The van der Waals surface area contributed by atoms with Gasteiger partial charge in [-0.2, -0.15) is 0 Å². The minimum absolute atomic E-state index is 0.801. The lowest BCUT2D eigenvalue weighted by Gasteiger charge is -2.21. The lowest BCUT2D eigenvalue weighted by molar-refractivity contribution is 0.445. The third kappa shape index (κ3) is 3.96. The molecule has 0 saturated heterocycles. The fourth-order valence-corrected chi connectivity index (χ4v) is 5.27. The molecule has 0 aliphatic heterocycles. The molecule has 2 aromatic carbocycles. The van der Waals surface area contributed by atoms with E-state index in [9.17, 15) is 0 Å². The highest BCUT2D eigenvalue weighted by atomic mass is 14.7. The van der Waals surface area contributed by atoms with E-state index >= 15 is 0 Å². The Morgan fingerprint density at radius 2 is 1.37 bits per heavy atom. The highest BCUT2D eigenvalue weighted by Gasteiger charge is 2.18. The van der Waals surface area contributed by atoms with E-state index in [1.54, 1.807) is 5.56 Å². The van der Waals surface area contributed by atoms with Crippen LogP contribution in [0.3, 0.4) is 0 Å². The molecule has 1 saturated carbocycles. The lowest BCUT2D eigenvalue weighted by Crippen LogP contribution is -2.03. The Hall–Kier alpha value is -2.74. The van der Waals surface area contributed by atoms with Gasteiger partial charge in [0.1, 0.15) is 0 Å². The standard InChI is InChI=1S/C14H17N.C14H15N/c2*1-2-6-11(7-3-1)13-10-15-14-9-5-4-8-12(13)14/h4-5,8-11,15H,1-3,6-7H2;4-6,8-10,15H,1-3,7H2. The van der Waals surface area contributed by atoms with Crippen LogP contribution in [0.1, 0.15) is 74.8 Å². The second-order valence-corrected chi connectivity index (χ2v) is 8.85. The summed E-state index contributed by atoms with van der Waals surface area (Å²) in [5.74, 6) is 0.801. The average Bonchev–Trinajstić information content (AvgIpc) is 3.45. The van der Waals surface area contributed by atoms with Gasteiger partial charge in [-0.25, -0.2) is 0 Å². The molecule has 2 aliphatic rings. The molecule has 0 radical (unpaired) electrons. The molecule has 30 heavy (non-hydrogen) atoms.